The monoisotopic (exact) mass is 580 g/mol. The van der Waals surface area contributed by atoms with Crippen molar-refractivity contribution in [2.45, 2.75) is 43.5 Å². The molecule has 1 saturated carbocycles. The van der Waals surface area contributed by atoms with Gasteiger partial charge in [0.05, 0.1) is 19.2 Å². The van der Waals surface area contributed by atoms with Crippen molar-refractivity contribution >= 4 is 27.6 Å². The maximum Gasteiger partial charge on any atom is 0.245 e. The lowest BCUT2D eigenvalue weighted by molar-refractivity contribution is 0.0553. The van der Waals surface area contributed by atoms with Crippen LogP contribution in [0.3, 0.4) is 0 Å². The molecular weight excluding hydrogens is 552 g/mol. The quantitative estimate of drug-likeness (QED) is 0.372. The van der Waals surface area contributed by atoms with Crippen LogP contribution in [0.1, 0.15) is 49.9 Å². The second-order valence-electron chi connectivity index (χ2n) is 9.46. The number of anilines is 1. The smallest absolute Gasteiger partial charge is 0.245 e. The van der Waals surface area contributed by atoms with Gasteiger partial charge in [-0.05, 0) is 31.6 Å². The van der Waals surface area contributed by atoms with Crippen molar-refractivity contribution in [1.29, 1.82) is 0 Å². The summed E-state index contributed by atoms with van der Waals surface area (Å²) < 4.78 is 53.5. The maximum atomic E-state index is 13.7. The number of rotatable bonds is 10. The molecule has 0 radical (unpaired) electrons. The zero-order valence-electron chi connectivity index (χ0n) is 21.9. The second kappa shape index (κ2) is 10.8. The maximum absolute atomic E-state index is 13.7. The lowest BCUT2D eigenvalue weighted by Gasteiger charge is -2.24. The fraction of sp³-hybridized carbons (Fsp3) is 0.565. The number of nitrogens with one attached hydrogen (secondary N) is 1. The van der Waals surface area contributed by atoms with Gasteiger partial charge in [0.1, 0.15) is 23.5 Å². The second-order valence-corrected chi connectivity index (χ2v) is 11.9. The number of sulfonamides is 1. The summed E-state index contributed by atoms with van der Waals surface area (Å²) in [6, 6.07) is 0. The molecule has 1 saturated heterocycles. The van der Waals surface area contributed by atoms with Crippen LogP contribution in [0.25, 0.3) is 5.69 Å². The van der Waals surface area contributed by atoms with Crippen molar-refractivity contribution < 1.29 is 27.4 Å². The van der Waals surface area contributed by atoms with Crippen LogP contribution in [-0.2, 0) is 19.5 Å². The summed E-state index contributed by atoms with van der Waals surface area (Å²) in [5.41, 5.74) is 0.293. The predicted octanol–water partition coefficient (Wildman–Crippen LogP) is 2.32. The molecule has 210 valence electrons. The number of ether oxygens (including phenoxy) is 4. The number of hydrogen-bond donors (Lipinski definition) is 1. The van der Waals surface area contributed by atoms with Gasteiger partial charge in [-0.3, -0.25) is 9.29 Å². The highest BCUT2D eigenvalue weighted by molar-refractivity contribution is 7.93. The Morgan fingerprint density at radius 1 is 1.08 bits per heavy atom. The average Bonchev–Trinajstić information content (AvgIpc) is 3.47. The summed E-state index contributed by atoms with van der Waals surface area (Å²) in [6.07, 6.45) is 5.67. The van der Waals surface area contributed by atoms with Gasteiger partial charge in [0, 0.05) is 38.6 Å². The van der Waals surface area contributed by atoms with Gasteiger partial charge in [0.2, 0.25) is 27.7 Å². The molecule has 1 N–H and O–H groups in total. The summed E-state index contributed by atoms with van der Waals surface area (Å²) in [5, 5.41) is 7.88. The lowest BCUT2D eigenvalue weighted by Crippen LogP contribution is -2.33. The predicted molar refractivity (Wildman–Crippen MR) is 139 cm³/mol. The number of aromatic nitrogens is 7. The van der Waals surface area contributed by atoms with Gasteiger partial charge in [-0.15, -0.1) is 10.2 Å². The molecule has 2 fully saturated rings. The Morgan fingerprint density at radius 3 is 2.31 bits per heavy atom. The van der Waals surface area contributed by atoms with Crippen molar-refractivity contribution in [2.24, 2.45) is 5.41 Å². The molecule has 3 aromatic rings. The molecule has 4 heterocycles. The Balaban J connectivity index is 1.56. The van der Waals surface area contributed by atoms with Crippen LogP contribution in [0.5, 0.6) is 11.8 Å². The standard InChI is InChI=1S/C23H29ClN8O6S/c1-13(17(35-2)18-25-10-14(24)11-26-18)39(33,34)31-22-30-29-19(15-9-23(15)5-7-38-8-6-23)32(22)16-20(36-3)27-12-28-21(16)37-4/h10-13,15,17H,5-9H2,1-4H3,(H,30,31)/t13?,15-,17?/m0/s1. The Morgan fingerprint density at radius 2 is 1.72 bits per heavy atom. The van der Waals surface area contributed by atoms with Crippen LogP contribution in [0.15, 0.2) is 18.7 Å². The number of methoxy groups -OCH3 is 3. The van der Waals surface area contributed by atoms with Gasteiger partial charge >= 0.3 is 0 Å². The molecule has 16 heteroatoms. The Labute approximate surface area is 230 Å². The third-order valence-corrected chi connectivity index (χ3v) is 9.23. The van der Waals surface area contributed by atoms with Gasteiger partial charge in [0.25, 0.3) is 0 Å². The fourth-order valence-corrected chi connectivity index (χ4v) is 6.28. The molecule has 39 heavy (non-hydrogen) atoms. The van der Waals surface area contributed by atoms with Gasteiger partial charge in [0.15, 0.2) is 11.5 Å². The van der Waals surface area contributed by atoms with Gasteiger partial charge in [-0.1, -0.05) is 11.6 Å². The topological polar surface area (TPSA) is 165 Å². The fourth-order valence-electron chi connectivity index (χ4n) is 5.05. The molecule has 2 aliphatic rings. The van der Waals surface area contributed by atoms with E-state index >= 15 is 0 Å². The third-order valence-electron chi connectivity index (χ3n) is 7.34. The first-order valence-corrected chi connectivity index (χ1v) is 14.2. The minimum atomic E-state index is -4.13. The molecule has 1 aliphatic heterocycles. The van der Waals surface area contributed by atoms with E-state index in [-0.39, 0.29) is 40.6 Å². The highest BCUT2D eigenvalue weighted by atomic mass is 35.5. The molecule has 14 nitrogen and oxygen atoms in total. The SMILES string of the molecule is COc1ncnc(OC)c1-n1c(NS(=O)(=O)C(C)C(OC)c2ncc(Cl)cn2)nnc1[C@@H]1CC12CCOCC2. The van der Waals surface area contributed by atoms with Gasteiger partial charge in [-0.2, -0.15) is 9.97 Å². The summed E-state index contributed by atoms with van der Waals surface area (Å²) >= 11 is 5.90. The van der Waals surface area contributed by atoms with E-state index in [2.05, 4.69) is 34.9 Å². The molecule has 0 bridgehead atoms. The van der Waals surface area contributed by atoms with E-state index < -0.39 is 21.4 Å². The van der Waals surface area contributed by atoms with Crippen LogP contribution in [-0.4, -0.2) is 82.9 Å². The lowest BCUT2D eigenvalue weighted by atomic mass is 9.93. The van der Waals surface area contributed by atoms with Crippen LogP contribution in [0.4, 0.5) is 5.95 Å². The summed E-state index contributed by atoms with van der Waals surface area (Å²) in [5.74, 6) is 1.02. The van der Waals surface area contributed by atoms with E-state index in [1.807, 2.05) is 0 Å². The summed E-state index contributed by atoms with van der Waals surface area (Å²) in [6.45, 7) is 2.81. The van der Waals surface area contributed by atoms with E-state index in [4.69, 9.17) is 30.5 Å². The van der Waals surface area contributed by atoms with E-state index in [1.165, 1.54) is 47.0 Å². The Bertz CT molecular complexity index is 1410. The zero-order valence-corrected chi connectivity index (χ0v) is 23.4. The normalized spacial score (nSPS) is 19.9. The highest BCUT2D eigenvalue weighted by Gasteiger charge is 2.57. The first-order chi connectivity index (χ1) is 18.7. The number of hydrogen-bond acceptors (Lipinski definition) is 12. The first kappa shape index (κ1) is 27.4. The van der Waals surface area contributed by atoms with Crippen LogP contribution >= 0.6 is 11.6 Å². The van der Waals surface area contributed by atoms with Crippen molar-refractivity contribution in [3.05, 3.63) is 35.4 Å². The Hall–Kier alpha value is -3.14. The molecule has 0 aromatic carbocycles. The van der Waals surface area contributed by atoms with Gasteiger partial charge < -0.3 is 18.9 Å². The van der Waals surface area contributed by atoms with E-state index in [9.17, 15) is 8.42 Å². The van der Waals surface area contributed by atoms with Crippen LogP contribution < -0.4 is 14.2 Å². The number of nitrogens with zero attached hydrogens (tertiary/aromatic N) is 7. The van der Waals surface area contributed by atoms with Crippen LogP contribution in [0.2, 0.25) is 5.02 Å². The summed E-state index contributed by atoms with van der Waals surface area (Å²) in [7, 11) is 0.154. The van der Waals surface area contributed by atoms with E-state index in [1.54, 1.807) is 4.57 Å². The summed E-state index contributed by atoms with van der Waals surface area (Å²) in [4.78, 5) is 16.7. The van der Waals surface area contributed by atoms with Gasteiger partial charge in [-0.25, -0.2) is 18.4 Å². The largest absolute Gasteiger partial charge is 0.479 e. The van der Waals surface area contributed by atoms with Crippen molar-refractivity contribution in [2.75, 3.05) is 39.3 Å². The van der Waals surface area contributed by atoms with Crippen LogP contribution in [0, 0.1) is 5.41 Å². The molecule has 3 aromatic heterocycles. The van der Waals surface area contributed by atoms with Crippen molar-refractivity contribution in [1.82, 2.24) is 34.7 Å². The zero-order chi connectivity index (χ0) is 27.8. The van der Waals surface area contributed by atoms with Crippen molar-refractivity contribution in [3.63, 3.8) is 0 Å². The molecule has 3 atom stereocenters. The van der Waals surface area contributed by atoms with E-state index in [0.717, 1.165) is 19.3 Å². The van der Waals surface area contributed by atoms with Crippen molar-refractivity contribution in [3.8, 4) is 17.4 Å². The third kappa shape index (κ3) is 5.11. The highest BCUT2D eigenvalue weighted by Crippen LogP contribution is 2.64. The minimum Gasteiger partial charge on any atom is -0.479 e. The molecular formula is C23H29ClN8O6S. The minimum absolute atomic E-state index is 0.00957. The first-order valence-electron chi connectivity index (χ1n) is 12.2. The Kier molecular flexibility index (Phi) is 7.59. The van der Waals surface area contributed by atoms with E-state index in [0.29, 0.717) is 24.1 Å². The average molecular weight is 581 g/mol. The number of halogens is 1. The molecule has 5 rings (SSSR count). The molecule has 1 aliphatic carbocycles. The molecule has 0 amide bonds. The molecule has 1 spiro atoms. The molecule has 2 unspecified atom stereocenters.